The van der Waals surface area contributed by atoms with Crippen molar-refractivity contribution in [1.29, 1.82) is 0 Å². The number of furan rings is 1. The van der Waals surface area contributed by atoms with Gasteiger partial charge in [-0.25, -0.2) is 4.79 Å². The molecule has 0 aliphatic carbocycles. The Labute approximate surface area is 112 Å². The third-order valence-electron chi connectivity index (χ3n) is 1.93. The molecule has 2 N–H and O–H groups in total. The number of halogens is 1. The van der Waals surface area contributed by atoms with E-state index in [0.29, 0.717) is 0 Å². The number of rotatable bonds is 4. The van der Waals surface area contributed by atoms with Crippen LogP contribution in [0.25, 0.3) is 0 Å². The van der Waals surface area contributed by atoms with Crippen molar-refractivity contribution < 1.29 is 22.7 Å². The predicted molar refractivity (Wildman–Crippen MR) is 63.5 cm³/mol. The first-order valence-corrected chi connectivity index (χ1v) is 6.60. The van der Waals surface area contributed by atoms with Crippen molar-refractivity contribution in [2.75, 3.05) is 4.72 Å². The van der Waals surface area contributed by atoms with Crippen molar-refractivity contribution in [3.05, 3.63) is 35.2 Å². The van der Waals surface area contributed by atoms with Gasteiger partial charge in [0.2, 0.25) is 10.9 Å². The highest BCUT2D eigenvalue weighted by Crippen LogP contribution is 2.17. The van der Waals surface area contributed by atoms with Crippen molar-refractivity contribution in [3.63, 3.8) is 0 Å². The lowest BCUT2D eigenvalue weighted by molar-refractivity contribution is 0.0656. The Balaban J connectivity index is 2.26. The van der Waals surface area contributed by atoms with E-state index < -0.39 is 26.8 Å². The van der Waals surface area contributed by atoms with E-state index in [1.165, 1.54) is 12.1 Å². The average Bonchev–Trinajstić information content (AvgIpc) is 2.82. The Bertz CT molecular complexity index is 710. The number of hydrogen-bond donors (Lipinski definition) is 2. The maximum absolute atomic E-state index is 11.8. The number of nitrogens with one attached hydrogen (secondary N) is 1. The summed E-state index contributed by atoms with van der Waals surface area (Å²) in [5.41, 5.74) is 0. The van der Waals surface area contributed by atoms with Gasteiger partial charge in [-0.2, -0.15) is 8.42 Å². The first-order chi connectivity index (χ1) is 8.88. The molecule has 0 spiro atoms. The van der Waals surface area contributed by atoms with Gasteiger partial charge in [0.1, 0.15) is 0 Å². The monoisotopic (exact) mass is 303 g/mol. The summed E-state index contributed by atoms with van der Waals surface area (Å²) in [6.07, 6.45) is 0. The maximum Gasteiger partial charge on any atom is 0.371 e. The summed E-state index contributed by atoms with van der Waals surface area (Å²) in [6, 6.07) is 4.70. The molecule has 8 nitrogen and oxygen atoms in total. The lowest BCUT2D eigenvalue weighted by Gasteiger charge is -2.03. The quantitative estimate of drug-likeness (QED) is 0.870. The second-order valence-electron chi connectivity index (χ2n) is 3.27. The molecule has 0 saturated carbocycles. The summed E-state index contributed by atoms with van der Waals surface area (Å²) >= 11 is 5.50. The number of anilines is 1. The van der Waals surface area contributed by atoms with Crippen LogP contribution in [0.4, 0.5) is 5.82 Å². The van der Waals surface area contributed by atoms with E-state index in [-0.39, 0.29) is 11.0 Å². The zero-order valence-corrected chi connectivity index (χ0v) is 10.6. The van der Waals surface area contributed by atoms with Crippen LogP contribution in [0.15, 0.2) is 33.8 Å². The second-order valence-corrected chi connectivity index (χ2v) is 5.27. The van der Waals surface area contributed by atoms with Gasteiger partial charge in [0.25, 0.3) is 10.0 Å². The van der Waals surface area contributed by atoms with Gasteiger partial charge in [-0.1, -0.05) is 11.6 Å². The highest BCUT2D eigenvalue weighted by molar-refractivity contribution is 7.92. The number of aromatic nitrogens is 2. The molecule has 0 bridgehead atoms. The van der Waals surface area contributed by atoms with Crippen LogP contribution in [0.1, 0.15) is 10.6 Å². The van der Waals surface area contributed by atoms with Gasteiger partial charge in [-0.15, -0.1) is 10.2 Å². The van der Waals surface area contributed by atoms with E-state index in [1.54, 1.807) is 0 Å². The van der Waals surface area contributed by atoms with E-state index in [0.717, 1.165) is 12.1 Å². The number of hydrogen-bond acceptors (Lipinski definition) is 6. The fraction of sp³-hybridized carbons (Fsp3) is 0. The number of aromatic carboxylic acids is 1. The summed E-state index contributed by atoms with van der Waals surface area (Å²) in [5, 5.41) is 15.2. The number of carbonyl (C=O) groups is 1. The van der Waals surface area contributed by atoms with Crippen molar-refractivity contribution in [2.24, 2.45) is 0 Å². The first-order valence-electron chi connectivity index (χ1n) is 4.74. The molecule has 10 heteroatoms. The molecule has 0 unspecified atom stereocenters. The largest absolute Gasteiger partial charge is 0.475 e. The average molecular weight is 304 g/mol. The number of carboxylic acid groups (broad SMARTS) is 1. The predicted octanol–water partition coefficient (Wildman–Crippen LogP) is 1.22. The normalized spacial score (nSPS) is 11.2. The first kappa shape index (κ1) is 13.3. The topological polar surface area (TPSA) is 122 Å². The van der Waals surface area contributed by atoms with Gasteiger partial charge in [0.05, 0.1) is 0 Å². The third kappa shape index (κ3) is 3.01. The minimum atomic E-state index is -4.06. The third-order valence-corrected chi connectivity index (χ3v) is 3.36. The van der Waals surface area contributed by atoms with E-state index in [1.807, 2.05) is 0 Å². The molecule has 2 rings (SSSR count). The molecule has 0 amide bonds. The Morgan fingerprint density at radius 1 is 1.26 bits per heavy atom. The fourth-order valence-electron chi connectivity index (χ4n) is 1.14. The molecule has 0 radical (unpaired) electrons. The van der Waals surface area contributed by atoms with Crippen molar-refractivity contribution in [1.82, 2.24) is 10.2 Å². The van der Waals surface area contributed by atoms with Crippen LogP contribution in [0.3, 0.4) is 0 Å². The molecular weight excluding hydrogens is 298 g/mol. The van der Waals surface area contributed by atoms with E-state index in [2.05, 4.69) is 19.3 Å². The second kappa shape index (κ2) is 4.86. The summed E-state index contributed by atoms with van der Waals surface area (Å²) in [6.45, 7) is 0. The van der Waals surface area contributed by atoms with E-state index in [9.17, 15) is 13.2 Å². The SMILES string of the molecule is O=C(O)c1ccc(S(=O)(=O)Nc2ccc(Cl)nn2)o1. The van der Waals surface area contributed by atoms with Crippen LogP contribution < -0.4 is 4.72 Å². The summed E-state index contributed by atoms with van der Waals surface area (Å²) in [4.78, 5) is 10.6. The zero-order valence-electron chi connectivity index (χ0n) is 9.07. The number of sulfonamides is 1. The van der Waals surface area contributed by atoms with Gasteiger partial charge in [-0.3, -0.25) is 4.72 Å². The van der Waals surface area contributed by atoms with Crippen LogP contribution in [-0.2, 0) is 10.0 Å². The minimum Gasteiger partial charge on any atom is -0.475 e. The molecule has 19 heavy (non-hydrogen) atoms. The fourth-order valence-corrected chi connectivity index (χ4v) is 2.17. The minimum absolute atomic E-state index is 0.0716. The molecule has 2 heterocycles. The maximum atomic E-state index is 11.8. The lowest BCUT2D eigenvalue weighted by atomic mass is 10.5. The number of carboxylic acids is 1. The molecular formula is C9H6ClN3O5S. The highest BCUT2D eigenvalue weighted by atomic mass is 35.5. The highest BCUT2D eigenvalue weighted by Gasteiger charge is 2.21. The lowest BCUT2D eigenvalue weighted by Crippen LogP contribution is -2.13. The van der Waals surface area contributed by atoms with Crippen molar-refractivity contribution >= 4 is 33.4 Å². The standard InChI is InChI=1S/C9H6ClN3O5S/c10-6-2-3-7(12-11-6)13-19(16,17)8-4-1-5(18-8)9(14)15/h1-4H,(H,12,13)(H,14,15). The Morgan fingerprint density at radius 3 is 2.53 bits per heavy atom. The molecule has 0 fully saturated rings. The van der Waals surface area contributed by atoms with Crippen LogP contribution in [0, 0.1) is 0 Å². The molecule has 2 aromatic rings. The summed E-state index contributed by atoms with van der Waals surface area (Å²) in [7, 11) is -4.06. The number of nitrogens with zero attached hydrogens (tertiary/aromatic N) is 2. The van der Waals surface area contributed by atoms with E-state index in [4.69, 9.17) is 16.7 Å². The van der Waals surface area contributed by atoms with Crippen LogP contribution >= 0.6 is 11.6 Å². The summed E-state index contributed by atoms with van der Waals surface area (Å²) < 4.78 is 30.4. The van der Waals surface area contributed by atoms with E-state index >= 15 is 0 Å². The van der Waals surface area contributed by atoms with Crippen LogP contribution in [-0.4, -0.2) is 29.7 Å². The zero-order chi connectivity index (χ0) is 14.0. The molecule has 0 saturated heterocycles. The molecule has 0 aliphatic rings. The molecule has 0 aliphatic heterocycles. The Kier molecular flexibility index (Phi) is 3.40. The van der Waals surface area contributed by atoms with Crippen LogP contribution in [0.5, 0.6) is 0 Å². The van der Waals surface area contributed by atoms with Crippen molar-refractivity contribution in [2.45, 2.75) is 5.09 Å². The van der Waals surface area contributed by atoms with Gasteiger partial charge < -0.3 is 9.52 Å². The van der Waals surface area contributed by atoms with Gasteiger partial charge in [-0.05, 0) is 24.3 Å². The van der Waals surface area contributed by atoms with Gasteiger partial charge in [0.15, 0.2) is 11.0 Å². The Morgan fingerprint density at radius 2 is 2.00 bits per heavy atom. The smallest absolute Gasteiger partial charge is 0.371 e. The van der Waals surface area contributed by atoms with Gasteiger partial charge >= 0.3 is 5.97 Å². The summed E-state index contributed by atoms with van der Waals surface area (Å²) in [5.74, 6) is -1.92. The molecule has 0 atom stereocenters. The van der Waals surface area contributed by atoms with Crippen molar-refractivity contribution in [3.8, 4) is 0 Å². The van der Waals surface area contributed by atoms with Crippen LogP contribution in [0.2, 0.25) is 5.15 Å². The molecule has 100 valence electrons. The Hall–Kier alpha value is -2.13. The molecule has 0 aromatic carbocycles. The van der Waals surface area contributed by atoms with Gasteiger partial charge in [0, 0.05) is 0 Å². The molecule has 2 aromatic heterocycles.